The second-order valence-corrected chi connectivity index (χ2v) is 7.38. The van der Waals surface area contributed by atoms with E-state index in [2.05, 4.69) is 22.5 Å². The van der Waals surface area contributed by atoms with Crippen molar-refractivity contribution >= 4 is 23.2 Å². The molecule has 1 amide bonds. The molecule has 0 spiro atoms. The third kappa shape index (κ3) is 3.72. The fraction of sp³-hybridized carbons (Fsp3) is 0.579. The summed E-state index contributed by atoms with van der Waals surface area (Å²) in [6, 6.07) is 8.93. The minimum atomic E-state index is 0.0424. The van der Waals surface area contributed by atoms with Gasteiger partial charge >= 0.3 is 0 Å². The molecule has 2 aliphatic heterocycles. The van der Waals surface area contributed by atoms with Crippen molar-refractivity contribution < 1.29 is 4.79 Å². The van der Waals surface area contributed by atoms with Gasteiger partial charge < -0.3 is 15.5 Å². The Balaban J connectivity index is 1.64. The molecule has 24 heavy (non-hydrogen) atoms. The van der Waals surface area contributed by atoms with Crippen molar-refractivity contribution in [3.8, 4) is 0 Å². The second kappa shape index (κ2) is 7.51. The summed E-state index contributed by atoms with van der Waals surface area (Å²) in [5, 5.41) is 7.43. The number of hydrogen-bond donors (Lipinski definition) is 2. The van der Waals surface area contributed by atoms with Gasteiger partial charge in [-0.05, 0) is 70.3 Å². The van der Waals surface area contributed by atoms with Crippen LogP contribution in [0.3, 0.4) is 0 Å². The minimum absolute atomic E-state index is 0.0424. The van der Waals surface area contributed by atoms with Crippen molar-refractivity contribution in [3.63, 3.8) is 0 Å². The van der Waals surface area contributed by atoms with Crippen LogP contribution in [0.5, 0.6) is 0 Å². The van der Waals surface area contributed by atoms with Crippen LogP contribution in [-0.4, -0.2) is 40.6 Å². The highest BCUT2D eigenvalue weighted by molar-refractivity contribution is 7.80. The highest BCUT2D eigenvalue weighted by atomic mass is 32.1. The summed E-state index contributed by atoms with van der Waals surface area (Å²) in [5.41, 5.74) is 1.92. The van der Waals surface area contributed by atoms with E-state index < -0.39 is 0 Å². The lowest BCUT2D eigenvalue weighted by atomic mass is 9.82. The fourth-order valence-electron chi connectivity index (χ4n) is 4.05. The van der Waals surface area contributed by atoms with Gasteiger partial charge in [0, 0.05) is 30.2 Å². The molecule has 0 unspecified atom stereocenters. The first-order chi connectivity index (χ1) is 11.6. The van der Waals surface area contributed by atoms with Crippen LogP contribution in [0.15, 0.2) is 24.3 Å². The summed E-state index contributed by atoms with van der Waals surface area (Å²) in [6.45, 7) is 4.98. The van der Waals surface area contributed by atoms with Crippen molar-refractivity contribution in [1.29, 1.82) is 0 Å². The standard InChI is InChI=1S/C19H27N3OS/c1-3-20-19(24)22-16-5-4-6-17(22)12-15(11-16)21-18(23)14-9-7-13(2)8-10-14/h7-10,15-17H,3-6,11-12H2,1-2H3,(H,20,24)(H,21,23)/t16-,17-/m1/s1. The topological polar surface area (TPSA) is 44.4 Å². The third-order valence-electron chi connectivity index (χ3n) is 5.19. The molecule has 3 rings (SSSR count). The Hall–Kier alpha value is -1.62. The predicted molar refractivity (Wildman–Crippen MR) is 101 cm³/mol. The van der Waals surface area contributed by atoms with Crippen LogP contribution in [0.25, 0.3) is 0 Å². The SMILES string of the molecule is CCNC(=S)N1[C@@H]2CCC[C@@H]1CC(NC(=O)c1ccc(C)cc1)C2. The number of aryl methyl sites for hydroxylation is 1. The van der Waals surface area contributed by atoms with Gasteiger partial charge in [-0.2, -0.15) is 0 Å². The Morgan fingerprint density at radius 1 is 1.21 bits per heavy atom. The van der Waals surface area contributed by atoms with E-state index in [-0.39, 0.29) is 11.9 Å². The number of rotatable bonds is 3. The van der Waals surface area contributed by atoms with Gasteiger partial charge in [-0.1, -0.05) is 17.7 Å². The summed E-state index contributed by atoms with van der Waals surface area (Å²) in [7, 11) is 0. The van der Waals surface area contributed by atoms with Crippen LogP contribution >= 0.6 is 12.2 Å². The van der Waals surface area contributed by atoms with E-state index in [4.69, 9.17) is 12.2 Å². The van der Waals surface area contributed by atoms with E-state index in [0.717, 1.165) is 30.1 Å². The Bertz CT molecular complexity index is 587. The first-order valence-electron chi connectivity index (χ1n) is 9.02. The molecule has 0 saturated carbocycles. The number of piperidine rings is 2. The first-order valence-corrected chi connectivity index (χ1v) is 9.43. The molecular formula is C19H27N3OS. The minimum Gasteiger partial charge on any atom is -0.363 e. The molecule has 2 fully saturated rings. The lowest BCUT2D eigenvalue weighted by Crippen LogP contribution is -2.60. The average molecular weight is 346 g/mol. The van der Waals surface area contributed by atoms with Crippen molar-refractivity contribution in [2.24, 2.45) is 0 Å². The third-order valence-corrected chi connectivity index (χ3v) is 5.54. The molecule has 0 aliphatic carbocycles. The number of fused-ring (bicyclic) bond motifs is 2. The molecule has 1 aromatic carbocycles. The summed E-state index contributed by atoms with van der Waals surface area (Å²) < 4.78 is 0. The van der Waals surface area contributed by atoms with Crippen LogP contribution in [0.4, 0.5) is 0 Å². The number of carbonyl (C=O) groups excluding carboxylic acids is 1. The Labute approximate surface area is 150 Å². The van der Waals surface area contributed by atoms with E-state index in [0.29, 0.717) is 12.1 Å². The van der Waals surface area contributed by atoms with Gasteiger partial charge in [-0.25, -0.2) is 0 Å². The summed E-state index contributed by atoms with van der Waals surface area (Å²) in [4.78, 5) is 14.9. The molecule has 0 radical (unpaired) electrons. The lowest BCUT2D eigenvalue weighted by molar-refractivity contribution is 0.0741. The number of thiocarbonyl (C=S) groups is 1. The molecule has 130 valence electrons. The van der Waals surface area contributed by atoms with Gasteiger partial charge in [0.05, 0.1) is 0 Å². The zero-order valence-electron chi connectivity index (χ0n) is 14.5. The Morgan fingerprint density at radius 3 is 2.42 bits per heavy atom. The molecule has 2 bridgehead atoms. The molecule has 2 heterocycles. The van der Waals surface area contributed by atoms with Crippen molar-refractivity contribution in [1.82, 2.24) is 15.5 Å². The van der Waals surface area contributed by atoms with Gasteiger partial charge in [-0.15, -0.1) is 0 Å². The monoisotopic (exact) mass is 345 g/mol. The molecule has 5 heteroatoms. The number of amides is 1. The number of hydrogen-bond acceptors (Lipinski definition) is 2. The second-order valence-electron chi connectivity index (χ2n) is 6.99. The number of carbonyl (C=O) groups is 1. The van der Waals surface area contributed by atoms with E-state index in [1.807, 2.05) is 31.2 Å². The van der Waals surface area contributed by atoms with Crippen molar-refractivity contribution in [2.45, 2.75) is 64.1 Å². The summed E-state index contributed by atoms with van der Waals surface area (Å²) in [5.74, 6) is 0.0424. The maximum absolute atomic E-state index is 12.5. The number of benzene rings is 1. The van der Waals surface area contributed by atoms with Crippen LogP contribution in [0.2, 0.25) is 0 Å². The smallest absolute Gasteiger partial charge is 0.251 e. The van der Waals surface area contributed by atoms with Gasteiger partial charge in [0.1, 0.15) is 0 Å². The predicted octanol–water partition coefficient (Wildman–Crippen LogP) is 3.00. The number of nitrogens with zero attached hydrogens (tertiary/aromatic N) is 1. The van der Waals surface area contributed by atoms with Crippen LogP contribution in [-0.2, 0) is 0 Å². The lowest BCUT2D eigenvalue weighted by Gasteiger charge is -2.50. The van der Waals surface area contributed by atoms with Crippen molar-refractivity contribution in [3.05, 3.63) is 35.4 Å². The molecule has 2 atom stereocenters. The van der Waals surface area contributed by atoms with Gasteiger partial charge in [-0.3, -0.25) is 4.79 Å². The van der Waals surface area contributed by atoms with E-state index in [1.165, 1.54) is 24.8 Å². The molecule has 2 N–H and O–H groups in total. The average Bonchev–Trinajstić information content (AvgIpc) is 2.54. The summed E-state index contributed by atoms with van der Waals surface area (Å²) in [6.07, 6.45) is 5.57. The number of nitrogens with one attached hydrogen (secondary N) is 2. The van der Waals surface area contributed by atoms with Gasteiger partial charge in [0.15, 0.2) is 5.11 Å². The molecule has 1 aromatic rings. The van der Waals surface area contributed by atoms with Crippen LogP contribution in [0.1, 0.15) is 54.9 Å². The normalized spacial score (nSPS) is 25.9. The van der Waals surface area contributed by atoms with Crippen molar-refractivity contribution in [2.75, 3.05) is 6.54 Å². The summed E-state index contributed by atoms with van der Waals surface area (Å²) >= 11 is 5.57. The van der Waals surface area contributed by atoms with Crippen LogP contribution < -0.4 is 10.6 Å². The largest absolute Gasteiger partial charge is 0.363 e. The molecule has 4 nitrogen and oxygen atoms in total. The highest BCUT2D eigenvalue weighted by Crippen LogP contribution is 2.34. The van der Waals surface area contributed by atoms with Gasteiger partial charge in [0.2, 0.25) is 0 Å². The Morgan fingerprint density at radius 2 is 1.83 bits per heavy atom. The van der Waals surface area contributed by atoms with E-state index >= 15 is 0 Å². The first kappa shape index (κ1) is 17.2. The molecule has 0 aromatic heterocycles. The molecular weight excluding hydrogens is 318 g/mol. The quantitative estimate of drug-likeness (QED) is 0.827. The van der Waals surface area contributed by atoms with E-state index in [1.54, 1.807) is 0 Å². The molecule has 2 aliphatic rings. The fourth-order valence-corrected chi connectivity index (χ4v) is 4.49. The highest BCUT2D eigenvalue weighted by Gasteiger charge is 2.39. The Kier molecular flexibility index (Phi) is 5.39. The zero-order chi connectivity index (χ0) is 17.1. The van der Waals surface area contributed by atoms with E-state index in [9.17, 15) is 4.79 Å². The maximum Gasteiger partial charge on any atom is 0.251 e. The maximum atomic E-state index is 12.5. The van der Waals surface area contributed by atoms with Gasteiger partial charge in [0.25, 0.3) is 5.91 Å². The molecule has 2 saturated heterocycles. The van der Waals surface area contributed by atoms with Crippen LogP contribution in [0, 0.1) is 6.92 Å². The zero-order valence-corrected chi connectivity index (χ0v) is 15.4.